The summed E-state index contributed by atoms with van der Waals surface area (Å²) in [6.45, 7) is 1.69. The van der Waals surface area contributed by atoms with E-state index in [1.807, 2.05) is 0 Å². The van der Waals surface area contributed by atoms with Gasteiger partial charge in [0.25, 0.3) is 11.6 Å². The van der Waals surface area contributed by atoms with Crippen LogP contribution < -0.4 is 5.32 Å². The van der Waals surface area contributed by atoms with Crippen molar-refractivity contribution in [1.29, 1.82) is 0 Å². The molecule has 1 amide bonds. The average Bonchev–Trinajstić information content (AvgIpc) is 2.95. The van der Waals surface area contributed by atoms with E-state index in [2.05, 4.69) is 15.5 Å². The summed E-state index contributed by atoms with van der Waals surface area (Å²) in [7, 11) is 0. The molecule has 1 aromatic carbocycles. The van der Waals surface area contributed by atoms with Crippen molar-refractivity contribution in [3.8, 4) is 0 Å². The van der Waals surface area contributed by atoms with Gasteiger partial charge in [-0.1, -0.05) is 0 Å². The Balaban J connectivity index is 1.68. The number of carbonyl (C=O) groups excluding carboxylic acids is 1. The highest BCUT2D eigenvalue weighted by atomic mass is 16.6. The Morgan fingerprint density at radius 1 is 1.28 bits per heavy atom. The number of carbonyl (C=O) groups is 2. The number of rotatable bonds is 5. The molecular weight excluding hydrogens is 332 g/mol. The fourth-order valence-corrected chi connectivity index (χ4v) is 2.65. The first-order chi connectivity index (χ1) is 11.8. The van der Waals surface area contributed by atoms with Gasteiger partial charge < -0.3 is 14.8 Å². The number of carboxylic acids is 1. The number of nitrogens with one attached hydrogen (secondary N) is 1. The molecule has 0 aliphatic heterocycles. The highest BCUT2D eigenvalue weighted by Crippen LogP contribution is 2.36. The SMILES string of the molecule is Cc1nnc(C2CC(NC(=O)c3cc(C(=O)O)cc([N+](=O)[O-])c3)C2)o1. The van der Waals surface area contributed by atoms with Crippen LogP contribution in [0.4, 0.5) is 5.69 Å². The molecule has 10 nitrogen and oxygen atoms in total. The first kappa shape index (κ1) is 16.6. The van der Waals surface area contributed by atoms with Crippen molar-refractivity contribution in [2.24, 2.45) is 0 Å². The van der Waals surface area contributed by atoms with Gasteiger partial charge in [0.1, 0.15) is 0 Å². The third-order valence-corrected chi connectivity index (χ3v) is 4.00. The molecule has 130 valence electrons. The van der Waals surface area contributed by atoms with Gasteiger partial charge in [0, 0.05) is 36.6 Å². The van der Waals surface area contributed by atoms with Crippen LogP contribution in [0.2, 0.25) is 0 Å². The summed E-state index contributed by atoms with van der Waals surface area (Å²) in [4.78, 5) is 33.5. The van der Waals surface area contributed by atoms with E-state index in [1.165, 1.54) is 0 Å². The molecule has 0 unspecified atom stereocenters. The van der Waals surface area contributed by atoms with Crippen LogP contribution in [0.3, 0.4) is 0 Å². The van der Waals surface area contributed by atoms with Crippen LogP contribution in [-0.4, -0.2) is 38.1 Å². The first-order valence-corrected chi connectivity index (χ1v) is 7.47. The van der Waals surface area contributed by atoms with Crippen molar-refractivity contribution in [3.05, 3.63) is 51.2 Å². The molecule has 2 N–H and O–H groups in total. The number of non-ortho nitro benzene ring substituents is 1. The van der Waals surface area contributed by atoms with Crippen LogP contribution in [0.1, 0.15) is 51.3 Å². The number of nitro benzene ring substituents is 1. The molecule has 0 radical (unpaired) electrons. The highest BCUT2D eigenvalue weighted by Gasteiger charge is 2.35. The Morgan fingerprint density at radius 2 is 1.96 bits per heavy atom. The Hall–Kier alpha value is -3.30. The van der Waals surface area contributed by atoms with Crippen LogP contribution in [-0.2, 0) is 0 Å². The number of aromatic nitrogens is 2. The summed E-state index contributed by atoms with van der Waals surface area (Å²) < 4.78 is 5.33. The molecule has 3 rings (SSSR count). The second-order valence-electron chi connectivity index (χ2n) is 5.83. The summed E-state index contributed by atoms with van der Waals surface area (Å²) in [6, 6.07) is 2.94. The van der Waals surface area contributed by atoms with Crippen LogP contribution in [0.25, 0.3) is 0 Å². The van der Waals surface area contributed by atoms with E-state index in [0.29, 0.717) is 24.6 Å². The van der Waals surface area contributed by atoms with Crippen molar-refractivity contribution >= 4 is 17.6 Å². The van der Waals surface area contributed by atoms with Gasteiger partial charge in [-0.2, -0.15) is 0 Å². The van der Waals surface area contributed by atoms with Crippen LogP contribution in [0.5, 0.6) is 0 Å². The number of hydrogen-bond acceptors (Lipinski definition) is 7. The lowest BCUT2D eigenvalue weighted by molar-refractivity contribution is -0.384. The summed E-state index contributed by atoms with van der Waals surface area (Å²) in [5, 5.41) is 30.3. The standard InChI is InChI=1S/C15H14N4O6/c1-7-17-18-14(25-7)9-3-11(4-9)16-13(20)8-2-10(15(21)22)6-12(5-8)19(23)24/h2,5-6,9,11H,3-4H2,1H3,(H,16,20)(H,21,22). The molecule has 1 heterocycles. The largest absolute Gasteiger partial charge is 0.478 e. The monoisotopic (exact) mass is 346 g/mol. The number of nitrogens with zero attached hydrogens (tertiary/aromatic N) is 3. The smallest absolute Gasteiger partial charge is 0.335 e. The van der Waals surface area contributed by atoms with E-state index in [9.17, 15) is 19.7 Å². The third-order valence-electron chi connectivity index (χ3n) is 4.00. The van der Waals surface area contributed by atoms with Gasteiger partial charge in [-0.05, 0) is 18.9 Å². The molecular formula is C15H14N4O6. The lowest BCUT2D eigenvalue weighted by Gasteiger charge is -2.33. The van der Waals surface area contributed by atoms with Crippen molar-refractivity contribution in [3.63, 3.8) is 0 Å². The molecule has 10 heteroatoms. The van der Waals surface area contributed by atoms with E-state index in [-0.39, 0.29) is 23.1 Å². The molecule has 2 aromatic rings. The van der Waals surface area contributed by atoms with E-state index in [4.69, 9.17) is 9.52 Å². The summed E-state index contributed by atoms with van der Waals surface area (Å²) >= 11 is 0. The minimum absolute atomic E-state index is 0.0613. The zero-order chi connectivity index (χ0) is 18.1. The topological polar surface area (TPSA) is 148 Å². The zero-order valence-corrected chi connectivity index (χ0v) is 13.1. The fourth-order valence-electron chi connectivity index (χ4n) is 2.65. The number of nitro groups is 1. The number of amides is 1. The maximum absolute atomic E-state index is 12.3. The average molecular weight is 346 g/mol. The van der Waals surface area contributed by atoms with E-state index < -0.39 is 22.5 Å². The third kappa shape index (κ3) is 3.47. The molecule has 1 aromatic heterocycles. The lowest BCUT2D eigenvalue weighted by atomic mass is 9.80. The van der Waals surface area contributed by atoms with E-state index in [1.54, 1.807) is 6.92 Å². The van der Waals surface area contributed by atoms with Gasteiger partial charge >= 0.3 is 5.97 Å². The fraction of sp³-hybridized carbons (Fsp3) is 0.333. The normalized spacial score (nSPS) is 19.1. The summed E-state index contributed by atoms with van der Waals surface area (Å²) in [5.74, 6) is -0.845. The molecule has 0 bridgehead atoms. The summed E-state index contributed by atoms with van der Waals surface area (Å²) in [6.07, 6.45) is 1.21. The second kappa shape index (κ2) is 6.30. The molecule has 1 saturated carbocycles. The Kier molecular flexibility index (Phi) is 4.17. The summed E-state index contributed by atoms with van der Waals surface area (Å²) in [5.41, 5.74) is -0.825. The Bertz CT molecular complexity index is 823. The Labute approximate surface area is 141 Å². The van der Waals surface area contributed by atoms with Crippen molar-refractivity contribution in [2.75, 3.05) is 0 Å². The van der Waals surface area contributed by atoms with Gasteiger partial charge in [-0.3, -0.25) is 14.9 Å². The predicted octanol–water partition coefficient (Wildman–Crippen LogP) is 1.66. The van der Waals surface area contributed by atoms with Gasteiger partial charge in [0.2, 0.25) is 11.8 Å². The van der Waals surface area contributed by atoms with E-state index in [0.717, 1.165) is 18.2 Å². The maximum atomic E-state index is 12.3. The van der Waals surface area contributed by atoms with Gasteiger partial charge in [0.15, 0.2) is 0 Å². The van der Waals surface area contributed by atoms with Gasteiger partial charge in [0.05, 0.1) is 10.5 Å². The second-order valence-corrected chi connectivity index (χ2v) is 5.83. The minimum Gasteiger partial charge on any atom is -0.478 e. The molecule has 25 heavy (non-hydrogen) atoms. The van der Waals surface area contributed by atoms with Gasteiger partial charge in [-0.15, -0.1) is 10.2 Å². The molecule has 1 fully saturated rings. The number of benzene rings is 1. The molecule has 0 atom stereocenters. The van der Waals surface area contributed by atoms with Gasteiger partial charge in [-0.25, -0.2) is 4.79 Å². The highest BCUT2D eigenvalue weighted by molar-refractivity contribution is 5.98. The number of aromatic carboxylic acids is 1. The predicted molar refractivity (Wildman–Crippen MR) is 82.3 cm³/mol. The zero-order valence-electron chi connectivity index (χ0n) is 13.1. The van der Waals surface area contributed by atoms with Crippen LogP contribution >= 0.6 is 0 Å². The minimum atomic E-state index is -1.34. The Morgan fingerprint density at radius 3 is 2.52 bits per heavy atom. The number of aryl methyl sites for hydroxylation is 1. The molecule has 0 spiro atoms. The number of hydrogen-bond donors (Lipinski definition) is 2. The van der Waals surface area contributed by atoms with Crippen LogP contribution in [0, 0.1) is 17.0 Å². The quantitative estimate of drug-likeness (QED) is 0.613. The maximum Gasteiger partial charge on any atom is 0.335 e. The van der Waals surface area contributed by atoms with E-state index >= 15 is 0 Å². The van der Waals surface area contributed by atoms with Crippen molar-refractivity contribution in [2.45, 2.75) is 31.7 Å². The first-order valence-electron chi connectivity index (χ1n) is 7.47. The molecule has 1 aliphatic carbocycles. The van der Waals surface area contributed by atoms with Crippen LogP contribution in [0.15, 0.2) is 22.6 Å². The number of carboxylic acid groups (broad SMARTS) is 1. The van der Waals surface area contributed by atoms with Crippen molar-refractivity contribution < 1.29 is 24.0 Å². The molecule has 0 saturated heterocycles. The van der Waals surface area contributed by atoms with Crippen molar-refractivity contribution in [1.82, 2.24) is 15.5 Å². The lowest BCUT2D eigenvalue weighted by Crippen LogP contribution is -2.43. The molecule has 1 aliphatic rings.